The van der Waals surface area contributed by atoms with Gasteiger partial charge < -0.3 is 11.3 Å². The summed E-state index contributed by atoms with van der Waals surface area (Å²) in [4.78, 5) is 14.4. The Balaban J connectivity index is 0.00000112. The Morgan fingerprint density at radius 1 is 1.00 bits per heavy atom. The van der Waals surface area contributed by atoms with Gasteiger partial charge in [-0.15, -0.1) is 12.1 Å². The van der Waals surface area contributed by atoms with Crippen molar-refractivity contribution in [3.8, 4) is 0 Å². The average Bonchev–Trinajstić information content (AvgIpc) is 2.47. The summed E-state index contributed by atoms with van der Waals surface area (Å²) in [5.41, 5.74) is 0.424. The molecule has 1 aliphatic rings. The average molecular weight is 392 g/mol. The molecule has 1 aromatic rings. The number of anilines is 1. The maximum Gasteiger partial charge on any atom is 3.00 e. The fourth-order valence-electron chi connectivity index (χ4n) is 2.37. The first-order valence-electron chi connectivity index (χ1n) is 7.64. The fraction of sp³-hybridized carbons (Fsp3) is 0.556. The van der Waals surface area contributed by atoms with Crippen molar-refractivity contribution in [2.75, 3.05) is 19.1 Å². The zero-order chi connectivity index (χ0) is 17.1. The molecule has 1 heterocycles. The van der Waals surface area contributed by atoms with Crippen molar-refractivity contribution in [1.82, 2.24) is 9.91 Å². The predicted molar refractivity (Wildman–Crippen MR) is 92.5 cm³/mol. The summed E-state index contributed by atoms with van der Waals surface area (Å²) in [5, 5.41) is 3.74. The molecule has 0 spiro atoms. The van der Waals surface area contributed by atoms with Crippen LogP contribution in [-0.2, 0) is 32.7 Å². The van der Waals surface area contributed by atoms with Gasteiger partial charge in [-0.2, -0.15) is 32.0 Å². The molecule has 0 bridgehead atoms. The van der Waals surface area contributed by atoms with E-state index in [1.165, 1.54) is 0 Å². The van der Waals surface area contributed by atoms with Crippen LogP contribution in [-0.4, -0.2) is 41.1 Å². The molecule has 1 aromatic carbocycles. The van der Waals surface area contributed by atoms with E-state index < -0.39 is 0 Å². The van der Waals surface area contributed by atoms with Gasteiger partial charge in [0.05, 0.1) is 11.1 Å². The van der Waals surface area contributed by atoms with E-state index in [2.05, 4.69) is 33.8 Å². The summed E-state index contributed by atoms with van der Waals surface area (Å²) < 4.78 is 0. The molecule has 1 fully saturated rings. The van der Waals surface area contributed by atoms with Crippen molar-refractivity contribution in [2.24, 2.45) is 0 Å². The standard InChI is InChI=1S/C15H22N3O.C3H7.Y/c1-14(2)15(3,4)17(6)18(13(19)16(14)5)12-10-8-7-9-11-12;1-3-2;/h8-11H,1-6H3;3H,1-2H3;/q2*-1;+3. The van der Waals surface area contributed by atoms with Crippen LogP contribution in [0.1, 0.15) is 41.5 Å². The summed E-state index contributed by atoms with van der Waals surface area (Å²) in [6.07, 6.45) is 2.00. The Morgan fingerprint density at radius 2 is 1.43 bits per heavy atom. The van der Waals surface area contributed by atoms with E-state index in [1.54, 1.807) is 5.01 Å². The van der Waals surface area contributed by atoms with Crippen LogP contribution in [0.4, 0.5) is 10.5 Å². The Labute approximate surface area is 167 Å². The third kappa shape index (κ3) is 4.15. The SMILES string of the molecule is CN1C(=O)N(c2cc[c-]cc2)N(C)C(C)(C)C1(C)C.C[CH-]C.[Y+3]. The fourth-order valence-corrected chi connectivity index (χ4v) is 2.37. The zero-order valence-corrected chi connectivity index (χ0v) is 18.6. The second kappa shape index (κ2) is 8.59. The van der Waals surface area contributed by atoms with Crippen LogP contribution in [0.25, 0.3) is 0 Å². The minimum Gasteiger partial charge on any atom is -0.335 e. The van der Waals surface area contributed by atoms with Crippen LogP contribution < -0.4 is 5.01 Å². The number of hydrazine groups is 1. The van der Waals surface area contributed by atoms with Gasteiger partial charge >= 0.3 is 38.7 Å². The van der Waals surface area contributed by atoms with Crippen molar-refractivity contribution in [2.45, 2.75) is 52.6 Å². The molecule has 0 saturated carbocycles. The first-order chi connectivity index (χ1) is 10.1. The van der Waals surface area contributed by atoms with Crippen LogP contribution in [0.5, 0.6) is 0 Å². The Bertz CT molecular complexity index is 502. The van der Waals surface area contributed by atoms with Gasteiger partial charge in [0.1, 0.15) is 0 Å². The minimum atomic E-state index is -0.254. The Hall–Kier alpha value is -0.446. The number of amides is 2. The Kier molecular flexibility index (Phi) is 8.43. The number of nitrogens with zero attached hydrogens (tertiary/aromatic N) is 3. The molecule has 1 aliphatic heterocycles. The molecular weight excluding hydrogens is 363 g/mol. The van der Waals surface area contributed by atoms with Gasteiger partial charge in [-0.05, 0) is 33.4 Å². The van der Waals surface area contributed by atoms with Crippen molar-refractivity contribution >= 4 is 11.7 Å². The quantitative estimate of drug-likeness (QED) is 0.676. The van der Waals surface area contributed by atoms with Crippen LogP contribution in [0.3, 0.4) is 0 Å². The molecule has 0 atom stereocenters. The number of hydrogen-bond acceptors (Lipinski definition) is 2. The third-order valence-corrected chi connectivity index (χ3v) is 4.86. The maximum absolute atomic E-state index is 12.6. The summed E-state index contributed by atoms with van der Waals surface area (Å²) in [6.45, 7) is 12.5. The van der Waals surface area contributed by atoms with Gasteiger partial charge in [0.15, 0.2) is 0 Å². The molecule has 0 aliphatic carbocycles. The minimum absolute atomic E-state index is 0. The molecule has 0 N–H and O–H groups in total. The smallest absolute Gasteiger partial charge is 0.335 e. The molecule has 4 nitrogen and oxygen atoms in total. The van der Waals surface area contributed by atoms with Gasteiger partial charge in [0.25, 0.3) is 0 Å². The molecule has 5 heteroatoms. The number of benzene rings is 1. The van der Waals surface area contributed by atoms with Crippen LogP contribution in [0.15, 0.2) is 24.3 Å². The molecule has 0 unspecified atom stereocenters. The Morgan fingerprint density at radius 3 is 1.87 bits per heavy atom. The first kappa shape index (κ1) is 22.6. The van der Waals surface area contributed by atoms with Crippen LogP contribution >= 0.6 is 0 Å². The van der Waals surface area contributed by atoms with E-state index in [4.69, 9.17) is 0 Å². The van der Waals surface area contributed by atoms with Crippen molar-refractivity contribution in [3.05, 3.63) is 36.8 Å². The van der Waals surface area contributed by atoms with Gasteiger partial charge in [-0.25, -0.2) is 14.8 Å². The van der Waals surface area contributed by atoms with Gasteiger partial charge in [-0.1, -0.05) is 0 Å². The molecule has 2 amide bonds. The predicted octanol–water partition coefficient (Wildman–Crippen LogP) is 3.99. The maximum atomic E-state index is 12.6. The van der Waals surface area contributed by atoms with E-state index in [-0.39, 0.29) is 49.8 Å². The largest absolute Gasteiger partial charge is 3.00 e. The summed E-state index contributed by atoms with van der Waals surface area (Å²) in [7, 11) is 3.82. The summed E-state index contributed by atoms with van der Waals surface area (Å²) in [5.74, 6) is 0. The molecule has 0 aromatic heterocycles. The van der Waals surface area contributed by atoms with E-state index in [9.17, 15) is 4.79 Å². The zero-order valence-electron chi connectivity index (χ0n) is 15.7. The molecule has 23 heavy (non-hydrogen) atoms. The van der Waals surface area contributed by atoms with E-state index in [0.717, 1.165) is 5.69 Å². The van der Waals surface area contributed by atoms with Crippen LogP contribution in [0.2, 0.25) is 0 Å². The molecule has 0 radical (unpaired) electrons. The van der Waals surface area contributed by atoms with Crippen molar-refractivity contribution in [1.29, 1.82) is 0 Å². The second-order valence-corrected chi connectivity index (χ2v) is 6.63. The number of rotatable bonds is 1. The van der Waals surface area contributed by atoms with Gasteiger partial charge in [0.2, 0.25) is 0 Å². The molecule has 2 rings (SSSR count). The monoisotopic (exact) mass is 392 g/mol. The van der Waals surface area contributed by atoms with Gasteiger partial charge in [-0.3, -0.25) is 0 Å². The molecular formula is C18H29N3OY+. The van der Waals surface area contributed by atoms with Crippen molar-refractivity contribution < 1.29 is 37.5 Å². The van der Waals surface area contributed by atoms with E-state index >= 15 is 0 Å². The topological polar surface area (TPSA) is 26.8 Å². The number of carbonyl (C=O) groups is 1. The van der Waals surface area contributed by atoms with E-state index in [1.807, 2.05) is 68.5 Å². The number of likely N-dealkylation sites (N-methyl/N-ethyl adjacent to an activating group) is 2. The third-order valence-electron chi connectivity index (χ3n) is 4.86. The normalized spacial score (nSPS) is 19.6. The molecule has 1 saturated heterocycles. The van der Waals surface area contributed by atoms with Crippen LogP contribution in [0, 0.1) is 12.5 Å². The first-order valence-corrected chi connectivity index (χ1v) is 7.64. The summed E-state index contributed by atoms with van der Waals surface area (Å²) in [6, 6.07) is 10.4. The second-order valence-electron chi connectivity index (χ2n) is 6.63. The molecule has 124 valence electrons. The summed E-state index contributed by atoms with van der Waals surface area (Å²) >= 11 is 0. The number of hydrogen-bond donors (Lipinski definition) is 0. The van der Waals surface area contributed by atoms with Gasteiger partial charge in [0, 0.05) is 14.1 Å². The van der Waals surface area contributed by atoms with Crippen molar-refractivity contribution in [3.63, 3.8) is 0 Å². The number of carbonyl (C=O) groups excluding carboxylic acids is 1. The van der Waals surface area contributed by atoms with E-state index in [0.29, 0.717) is 0 Å². The number of urea groups is 1.